The maximum absolute atomic E-state index is 12.4. The lowest BCUT2D eigenvalue weighted by molar-refractivity contribution is 0.0885. The van der Waals surface area contributed by atoms with Crippen molar-refractivity contribution in [2.75, 3.05) is 20.6 Å². The molecule has 0 aliphatic heterocycles. The zero-order valence-corrected chi connectivity index (χ0v) is 14.0. The summed E-state index contributed by atoms with van der Waals surface area (Å²) in [5.74, 6) is 0.502. The molecule has 6 heteroatoms. The van der Waals surface area contributed by atoms with Crippen molar-refractivity contribution in [3.05, 3.63) is 16.4 Å². The van der Waals surface area contributed by atoms with E-state index in [0.29, 0.717) is 11.6 Å². The minimum Gasteiger partial charge on any atom is -0.348 e. The van der Waals surface area contributed by atoms with Gasteiger partial charge in [0, 0.05) is 19.6 Å². The van der Waals surface area contributed by atoms with E-state index in [0.717, 1.165) is 17.4 Å². The Morgan fingerprint density at radius 1 is 1.50 bits per heavy atom. The molecule has 1 aliphatic rings. The normalized spacial score (nSPS) is 23.1. The van der Waals surface area contributed by atoms with Gasteiger partial charge in [-0.25, -0.2) is 0 Å². The molecule has 1 aliphatic carbocycles. The summed E-state index contributed by atoms with van der Waals surface area (Å²) in [6.07, 6.45) is 6.38. The van der Waals surface area contributed by atoms with E-state index < -0.39 is 0 Å². The highest BCUT2D eigenvalue weighted by Gasteiger charge is 2.28. The predicted molar refractivity (Wildman–Crippen MR) is 82.7 cm³/mol. The summed E-state index contributed by atoms with van der Waals surface area (Å²) < 4.78 is 2.36. The second-order valence-corrected chi connectivity index (χ2v) is 6.71. The molecule has 1 heterocycles. The average Bonchev–Trinajstić information content (AvgIpc) is 2.71. The fraction of sp³-hybridized carbons (Fsp3) is 0.714. The van der Waals surface area contributed by atoms with Crippen molar-refractivity contribution >= 4 is 21.8 Å². The fourth-order valence-electron chi connectivity index (χ4n) is 2.99. The number of rotatable bonds is 4. The van der Waals surface area contributed by atoms with Crippen molar-refractivity contribution in [3.63, 3.8) is 0 Å². The largest absolute Gasteiger partial charge is 0.348 e. The van der Waals surface area contributed by atoms with Crippen molar-refractivity contribution < 1.29 is 4.79 Å². The summed E-state index contributed by atoms with van der Waals surface area (Å²) >= 11 is 3.39. The number of hydrogen-bond acceptors (Lipinski definition) is 3. The zero-order chi connectivity index (χ0) is 14.7. The molecule has 112 valence electrons. The summed E-state index contributed by atoms with van der Waals surface area (Å²) in [6, 6.07) is 0.264. The van der Waals surface area contributed by atoms with Crippen LogP contribution in [0.5, 0.6) is 0 Å². The van der Waals surface area contributed by atoms with Crippen LogP contribution < -0.4 is 5.32 Å². The standard InChI is InChI=1S/C14H23BrN4O/c1-18(2)9-10-6-4-5-7-12(10)17-14(20)13-11(15)8-16-19(13)3/h8,10,12H,4-7,9H2,1-3H3,(H,17,20). The number of halogens is 1. The van der Waals surface area contributed by atoms with Crippen LogP contribution in [0.1, 0.15) is 36.2 Å². The number of amides is 1. The lowest BCUT2D eigenvalue weighted by Gasteiger charge is -2.34. The highest BCUT2D eigenvalue weighted by molar-refractivity contribution is 9.10. The van der Waals surface area contributed by atoms with Crippen LogP contribution in [0, 0.1) is 5.92 Å². The van der Waals surface area contributed by atoms with E-state index in [1.807, 2.05) is 0 Å². The van der Waals surface area contributed by atoms with Gasteiger partial charge in [-0.05, 0) is 48.8 Å². The summed E-state index contributed by atoms with van der Waals surface area (Å²) in [5, 5.41) is 7.30. The predicted octanol–water partition coefficient (Wildman–Crippen LogP) is 2.03. The van der Waals surface area contributed by atoms with Crippen molar-refractivity contribution in [2.45, 2.75) is 31.7 Å². The molecule has 0 aromatic carbocycles. The SMILES string of the molecule is CN(C)CC1CCCCC1NC(=O)c1c(Br)cnn1C. The average molecular weight is 343 g/mol. The number of nitrogens with one attached hydrogen (secondary N) is 1. The van der Waals surface area contributed by atoms with E-state index in [4.69, 9.17) is 0 Å². The molecule has 2 atom stereocenters. The van der Waals surface area contributed by atoms with Gasteiger partial charge in [-0.2, -0.15) is 5.10 Å². The molecular formula is C14H23BrN4O. The Morgan fingerprint density at radius 2 is 2.20 bits per heavy atom. The van der Waals surface area contributed by atoms with Gasteiger partial charge in [-0.15, -0.1) is 0 Å². The molecule has 2 rings (SSSR count). The molecule has 2 unspecified atom stereocenters. The van der Waals surface area contributed by atoms with Crippen molar-refractivity contribution in [1.82, 2.24) is 20.0 Å². The summed E-state index contributed by atoms with van der Waals surface area (Å²) in [7, 11) is 5.97. The molecule has 0 bridgehead atoms. The Morgan fingerprint density at radius 3 is 2.80 bits per heavy atom. The van der Waals surface area contributed by atoms with E-state index in [2.05, 4.69) is 45.3 Å². The van der Waals surface area contributed by atoms with Gasteiger partial charge in [0.15, 0.2) is 0 Å². The number of hydrogen-bond donors (Lipinski definition) is 1. The van der Waals surface area contributed by atoms with Crippen LogP contribution in [-0.2, 0) is 7.05 Å². The van der Waals surface area contributed by atoms with Gasteiger partial charge < -0.3 is 10.2 Å². The molecule has 0 radical (unpaired) electrons. The van der Waals surface area contributed by atoms with Crippen LogP contribution >= 0.6 is 15.9 Å². The van der Waals surface area contributed by atoms with E-state index in [1.54, 1.807) is 17.9 Å². The van der Waals surface area contributed by atoms with Crippen LogP contribution in [0.4, 0.5) is 0 Å². The summed E-state index contributed by atoms with van der Waals surface area (Å²) in [4.78, 5) is 14.6. The van der Waals surface area contributed by atoms with Gasteiger partial charge in [0.1, 0.15) is 5.69 Å². The topological polar surface area (TPSA) is 50.2 Å². The Kier molecular flexibility index (Phi) is 5.21. The Hall–Kier alpha value is -0.880. The van der Waals surface area contributed by atoms with Crippen LogP contribution in [0.3, 0.4) is 0 Å². The molecule has 1 amide bonds. The minimum absolute atomic E-state index is 0.0347. The second-order valence-electron chi connectivity index (χ2n) is 5.85. The van der Waals surface area contributed by atoms with Crippen LogP contribution in [0.2, 0.25) is 0 Å². The molecular weight excluding hydrogens is 320 g/mol. The lowest BCUT2D eigenvalue weighted by Crippen LogP contribution is -2.45. The minimum atomic E-state index is -0.0347. The highest BCUT2D eigenvalue weighted by Crippen LogP contribution is 2.25. The van der Waals surface area contributed by atoms with Gasteiger partial charge >= 0.3 is 0 Å². The number of carbonyl (C=O) groups is 1. The molecule has 5 nitrogen and oxygen atoms in total. The summed E-state index contributed by atoms with van der Waals surface area (Å²) in [5.41, 5.74) is 0.596. The van der Waals surface area contributed by atoms with Gasteiger partial charge in [0.2, 0.25) is 0 Å². The van der Waals surface area contributed by atoms with Crippen LogP contribution in [0.15, 0.2) is 10.7 Å². The Balaban J connectivity index is 2.05. The van der Waals surface area contributed by atoms with E-state index >= 15 is 0 Å². The third kappa shape index (κ3) is 3.61. The molecule has 1 saturated carbocycles. The van der Waals surface area contributed by atoms with E-state index in [1.165, 1.54) is 19.3 Å². The first kappa shape index (κ1) is 15.5. The summed E-state index contributed by atoms with van der Waals surface area (Å²) in [6.45, 7) is 1.03. The number of aromatic nitrogens is 2. The molecule has 20 heavy (non-hydrogen) atoms. The van der Waals surface area contributed by atoms with E-state index in [-0.39, 0.29) is 11.9 Å². The number of carbonyl (C=O) groups excluding carboxylic acids is 1. The van der Waals surface area contributed by atoms with Crippen molar-refractivity contribution in [1.29, 1.82) is 0 Å². The van der Waals surface area contributed by atoms with Crippen molar-refractivity contribution in [3.8, 4) is 0 Å². The Bertz CT molecular complexity index is 452. The maximum atomic E-state index is 12.4. The third-order valence-corrected chi connectivity index (χ3v) is 4.51. The number of aryl methyl sites for hydroxylation is 1. The van der Waals surface area contributed by atoms with Gasteiger partial charge in [0.05, 0.1) is 10.7 Å². The second kappa shape index (κ2) is 6.72. The molecule has 0 spiro atoms. The zero-order valence-electron chi connectivity index (χ0n) is 12.4. The van der Waals surface area contributed by atoms with Gasteiger partial charge in [-0.3, -0.25) is 9.48 Å². The van der Waals surface area contributed by atoms with Crippen LogP contribution in [-0.4, -0.2) is 47.3 Å². The molecule has 0 saturated heterocycles. The molecule has 1 aromatic heterocycles. The van der Waals surface area contributed by atoms with E-state index in [9.17, 15) is 4.79 Å². The highest BCUT2D eigenvalue weighted by atomic mass is 79.9. The monoisotopic (exact) mass is 342 g/mol. The Labute approximate surface area is 128 Å². The third-order valence-electron chi connectivity index (χ3n) is 3.93. The molecule has 1 fully saturated rings. The molecule has 1 N–H and O–H groups in total. The number of nitrogens with zero attached hydrogens (tertiary/aromatic N) is 3. The van der Waals surface area contributed by atoms with Gasteiger partial charge in [-0.1, -0.05) is 12.8 Å². The van der Waals surface area contributed by atoms with Crippen molar-refractivity contribution in [2.24, 2.45) is 13.0 Å². The van der Waals surface area contributed by atoms with Crippen LogP contribution in [0.25, 0.3) is 0 Å². The quantitative estimate of drug-likeness (QED) is 0.910. The first-order chi connectivity index (χ1) is 9.49. The first-order valence-electron chi connectivity index (χ1n) is 7.12. The maximum Gasteiger partial charge on any atom is 0.270 e. The fourth-order valence-corrected chi connectivity index (χ4v) is 3.52. The first-order valence-corrected chi connectivity index (χ1v) is 7.91. The smallest absolute Gasteiger partial charge is 0.270 e. The lowest BCUT2D eigenvalue weighted by atomic mass is 9.84. The van der Waals surface area contributed by atoms with Gasteiger partial charge in [0.25, 0.3) is 5.91 Å². The molecule has 1 aromatic rings.